The van der Waals surface area contributed by atoms with Crippen molar-refractivity contribution in [2.75, 3.05) is 11.9 Å². The van der Waals surface area contributed by atoms with Crippen molar-refractivity contribution in [2.24, 2.45) is 0 Å². The lowest BCUT2D eigenvalue weighted by Crippen LogP contribution is -1.99. The zero-order chi connectivity index (χ0) is 19.3. The van der Waals surface area contributed by atoms with E-state index in [1.807, 2.05) is 72.8 Å². The maximum absolute atomic E-state index is 6.12. The molecule has 28 heavy (non-hydrogen) atoms. The van der Waals surface area contributed by atoms with E-state index in [2.05, 4.69) is 12.2 Å². The highest BCUT2D eigenvalue weighted by Crippen LogP contribution is 2.28. The van der Waals surface area contributed by atoms with Crippen molar-refractivity contribution < 1.29 is 4.74 Å². The first-order valence-corrected chi connectivity index (χ1v) is 9.63. The lowest BCUT2D eigenvalue weighted by atomic mass is 10.1. The molecule has 1 N–H and O–H groups in total. The van der Waals surface area contributed by atoms with Crippen molar-refractivity contribution in [1.82, 2.24) is 9.97 Å². The van der Waals surface area contributed by atoms with E-state index in [1.165, 1.54) is 0 Å². The first-order valence-electron chi connectivity index (χ1n) is 9.25. The molecule has 0 spiro atoms. The molecule has 0 saturated heterocycles. The van der Waals surface area contributed by atoms with E-state index in [9.17, 15) is 0 Å². The molecular formula is C23H20ClN3O. The molecule has 0 saturated carbocycles. The molecule has 0 amide bonds. The van der Waals surface area contributed by atoms with Crippen molar-refractivity contribution in [3.05, 3.63) is 77.8 Å². The van der Waals surface area contributed by atoms with Gasteiger partial charge in [-0.1, -0.05) is 36.7 Å². The number of aromatic nitrogens is 2. The van der Waals surface area contributed by atoms with Gasteiger partial charge in [-0.3, -0.25) is 0 Å². The van der Waals surface area contributed by atoms with E-state index in [0.717, 1.165) is 40.1 Å². The van der Waals surface area contributed by atoms with Crippen LogP contribution in [0.3, 0.4) is 0 Å². The fourth-order valence-corrected chi connectivity index (χ4v) is 3.11. The zero-order valence-corrected chi connectivity index (χ0v) is 16.3. The summed E-state index contributed by atoms with van der Waals surface area (Å²) in [5.41, 5.74) is 2.69. The van der Waals surface area contributed by atoms with Gasteiger partial charge in [-0.15, -0.1) is 0 Å². The van der Waals surface area contributed by atoms with Gasteiger partial charge in [-0.2, -0.15) is 0 Å². The molecule has 0 radical (unpaired) electrons. The number of anilines is 2. The molecule has 0 fully saturated rings. The quantitative estimate of drug-likeness (QED) is 0.409. The number of hydrogen-bond acceptors (Lipinski definition) is 4. The Labute approximate surface area is 169 Å². The van der Waals surface area contributed by atoms with Crippen LogP contribution in [0.15, 0.2) is 72.8 Å². The number of benzene rings is 3. The van der Waals surface area contributed by atoms with Gasteiger partial charge in [0.2, 0.25) is 0 Å². The van der Waals surface area contributed by atoms with E-state index in [4.69, 9.17) is 26.3 Å². The van der Waals surface area contributed by atoms with Gasteiger partial charge >= 0.3 is 0 Å². The van der Waals surface area contributed by atoms with Crippen LogP contribution >= 0.6 is 11.6 Å². The Morgan fingerprint density at radius 1 is 0.929 bits per heavy atom. The molecule has 0 bridgehead atoms. The summed E-state index contributed by atoms with van der Waals surface area (Å²) in [4.78, 5) is 9.52. The fourth-order valence-electron chi connectivity index (χ4n) is 2.92. The molecule has 1 aromatic heterocycles. The standard InChI is InChI=1S/C23H20ClN3O/c1-2-14-28-19-12-10-16(11-13-19)22-26-21-9-4-3-8-20(21)23(27-22)25-18-7-5-6-17(24)15-18/h3-13,15H,2,14H2,1H3,(H,25,26,27). The molecule has 0 aliphatic carbocycles. The third kappa shape index (κ3) is 4.07. The van der Waals surface area contributed by atoms with Gasteiger partial charge in [0.05, 0.1) is 12.1 Å². The predicted octanol–water partition coefficient (Wildman–Crippen LogP) is 6.48. The van der Waals surface area contributed by atoms with E-state index in [1.54, 1.807) is 0 Å². The molecular weight excluding hydrogens is 370 g/mol. The van der Waals surface area contributed by atoms with Gasteiger partial charge in [0.1, 0.15) is 11.6 Å². The maximum atomic E-state index is 6.12. The lowest BCUT2D eigenvalue weighted by molar-refractivity contribution is 0.317. The molecule has 0 aliphatic heterocycles. The topological polar surface area (TPSA) is 47.0 Å². The molecule has 4 rings (SSSR count). The molecule has 0 unspecified atom stereocenters. The van der Waals surface area contributed by atoms with Gasteiger partial charge in [0.15, 0.2) is 5.82 Å². The van der Waals surface area contributed by atoms with Crippen LogP contribution in [0, 0.1) is 0 Å². The van der Waals surface area contributed by atoms with Crippen LogP contribution in [-0.2, 0) is 0 Å². The molecule has 3 aromatic carbocycles. The Hall–Kier alpha value is -3.11. The highest BCUT2D eigenvalue weighted by Gasteiger charge is 2.10. The van der Waals surface area contributed by atoms with E-state index < -0.39 is 0 Å². The van der Waals surface area contributed by atoms with Crippen LogP contribution in [0.4, 0.5) is 11.5 Å². The molecule has 0 aliphatic rings. The predicted molar refractivity (Wildman–Crippen MR) is 115 cm³/mol. The van der Waals surface area contributed by atoms with Crippen molar-refractivity contribution in [1.29, 1.82) is 0 Å². The minimum atomic E-state index is 0.658. The van der Waals surface area contributed by atoms with Gasteiger partial charge in [-0.25, -0.2) is 9.97 Å². The first kappa shape index (κ1) is 18.3. The molecule has 5 heteroatoms. The van der Waals surface area contributed by atoms with Gasteiger partial charge in [0, 0.05) is 21.7 Å². The number of nitrogens with zero attached hydrogens (tertiary/aromatic N) is 2. The number of ether oxygens (including phenoxy) is 1. The summed E-state index contributed by atoms with van der Waals surface area (Å²) in [6.07, 6.45) is 0.980. The fraction of sp³-hybridized carbons (Fsp3) is 0.130. The largest absolute Gasteiger partial charge is 0.494 e. The molecule has 4 nitrogen and oxygen atoms in total. The summed E-state index contributed by atoms with van der Waals surface area (Å²) < 4.78 is 5.66. The third-order valence-corrected chi connectivity index (χ3v) is 4.51. The number of rotatable bonds is 6. The van der Waals surface area contributed by atoms with Crippen LogP contribution in [0.25, 0.3) is 22.3 Å². The summed E-state index contributed by atoms with van der Waals surface area (Å²) in [5, 5.41) is 5.00. The normalized spacial score (nSPS) is 10.8. The number of fused-ring (bicyclic) bond motifs is 1. The number of hydrogen-bond donors (Lipinski definition) is 1. The summed E-state index contributed by atoms with van der Waals surface area (Å²) >= 11 is 6.12. The van der Waals surface area contributed by atoms with E-state index >= 15 is 0 Å². The Kier molecular flexibility index (Phi) is 5.40. The molecule has 1 heterocycles. The maximum Gasteiger partial charge on any atom is 0.162 e. The number of halogens is 1. The number of nitrogens with one attached hydrogen (secondary N) is 1. The van der Waals surface area contributed by atoms with Gasteiger partial charge in [-0.05, 0) is 61.0 Å². The van der Waals surface area contributed by atoms with Gasteiger partial charge in [0.25, 0.3) is 0 Å². The SMILES string of the molecule is CCCOc1ccc(-c2nc(Nc3cccc(Cl)c3)c3ccccc3n2)cc1. The first-order chi connectivity index (χ1) is 13.7. The van der Waals surface area contributed by atoms with Crippen LogP contribution < -0.4 is 10.1 Å². The average molecular weight is 390 g/mol. The number of para-hydroxylation sites is 1. The highest BCUT2D eigenvalue weighted by atomic mass is 35.5. The Morgan fingerprint density at radius 2 is 1.75 bits per heavy atom. The molecule has 140 valence electrons. The summed E-state index contributed by atoms with van der Waals surface area (Å²) in [6, 6.07) is 23.4. The van der Waals surface area contributed by atoms with Crippen LogP contribution in [0.1, 0.15) is 13.3 Å². The average Bonchev–Trinajstić information content (AvgIpc) is 2.72. The minimum absolute atomic E-state index is 0.658. The van der Waals surface area contributed by atoms with Crippen molar-refractivity contribution >= 4 is 34.0 Å². The van der Waals surface area contributed by atoms with Crippen LogP contribution in [0.5, 0.6) is 5.75 Å². The van der Waals surface area contributed by atoms with Crippen molar-refractivity contribution in [3.63, 3.8) is 0 Å². The van der Waals surface area contributed by atoms with E-state index in [-0.39, 0.29) is 0 Å². The van der Waals surface area contributed by atoms with Crippen molar-refractivity contribution in [2.45, 2.75) is 13.3 Å². The van der Waals surface area contributed by atoms with Crippen LogP contribution in [-0.4, -0.2) is 16.6 Å². The Balaban J connectivity index is 1.73. The monoisotopic (exact) mass is 389 g/mol. The smallest absolute Gasteiger partial charge is 0.162 e. The summed E-state index contributed by atoms with van der Waals surface area (Å²) in [7, 11) is 0. The third-order valence-electron chi connectivity index (χ3n) is 4.28. The summed E-state index contributed by atoms with van der Waals surface area (Å²) in [5.74, 6) is 2.25. The second-order valence-electron chi connectivity index (χ2n) is 6.42. The summed E-state index contributed by atoms with van der Waals surface area (Å²) in [6.45, 7) is 2.80. The zero-order valence-electron chi connectivity index (χ0n) is 15.5. The second-order valence-corrected chi connectivity index (χ2v) is 6.86. The molecule has 4 aromatic rings. The molecule has 0 atom stereocenters. The Morgan fingerprint density at radius 3 is 2.54 bits per heavy atom. The van der Waals surface area contributed by atoms with Crippen LogP contribution in [0.2, 0.25) is 5.02 Å². The second kappa shape index (κ2) is 8.28. The minimum Gasteiger partial charge on any atom is -0.494 e. The highest BCUT2D eigenvalue weighted by molar-refractivity contribution is 6.30. The van der Waals surface area contributed by atoms with Gasteiger partial charge < -0.3 is 10.1 Å². The Bertz CT molecular complexity index is 1100. The van der Waals surface area contributed by atoms with E-state index in [0.29, 0.717) is 17.5 Å². The lowest BCUT2D eigenvalue weighted by Gasteiger charge is -2.12. The van der Waals surface area contributed by atoms with Crippen molar-refractivity contribution in [3.8, 4) is 17.1 Å².